The molecule has 240 valence electrons. The highest BCUT2D eigenvalue weighted by Gasteiger charge is 2.57. The summed E-state index contributed by atoms with van der Waals surface area (Å²) in [4.78, 5) is 11.5. The van der Waals surface area contributed by atoms with E-state index >= 15 is 0 Å². The zero-order valence-corrected chi connectivity index (χ0v) is 33.9. The summed E-state index contributed by atoms with van der Waals surface area (Å²) >= 11 is 2.29. The van der Waals surface area contributed by atoms with Crippen LogP contribution < -0.4 is 0 Å². The Hall–Kier alpha value is 0.591. The van der Waals surface area contributed by atoms with Crippen molar-refractivity contribution in [2.75, 3.05) is 0 Å². The first-order chi connectivity index (χ1) is 18.4. The fourth-order valence-corrected chi connectivity index (χ4v) is 8.89. The SMILES string of the molecule is CC(C)(C)[Si](C)(C)O[C@H]1[C@H]2OC(CC=O)CC[C@@H]2OC([C@H](C=CI)O[Si](C)(C)C(C)(C)C)[C@H]1O[Si](C)(C)C(C)(C)C. The number of halogens is 1. The van der Waals surface area contributed by atoms with E-state index in [2.05, 4.69) is 134 Å². The lowest BCUT2D eigenvalue weighted by Gasteiger charge is -2.56. The summed E-state index contributed by atoms with van der Waals surface area (Å²) in [6.07, 6.45) is 3.25. The molecule has 2 unspecified atom stereocenters. The fraction of sp³-hybridized carbons (Fsp3) is 0.903. The van der Waals surface area contributed by atoms with Gasteiger partial charge in [0.2, 0.25) is 0 Å². The molecule has 0 aromatic rings. The van der Waals surface area contributed by atoms with Gasteiger partial charge in [0.25, 0.3) is 0 Å². The molecular formula is C31H61IO6Si3. The van der Waals surface area contributed by atoms with Gasteiger partial charge >= 0.3 is 0 Å². The van der Waals surface area contributed by atoms with Crippen LogP contribution in [-0.2, 0) is 27.5 Å². The second-order valence-electron chi connectivity index (χ2n) is 16.7. The first-order valence-corrected chi connectivity index (χ1v) is 25.4. The molecule has 2 aliphatic rings. The molecule has 0 bridgehead atoms. The van der Waals surface area contributed by atoms with E-state index in [1.165, 1.54) is 0 Å². The average molecular weight is 741 g/mol. The molecule has 0 saturated carbocycles. The Morgan fingerprint density at radius 1 is 0.780 bits per heavy atom. The molecule has 0 spiro atoms. The van der Waals surface area contributed by atoms with E-state index in [1.807, 2.05) is 0 Å². The molecule has 2 aliphatic heterocycles. The van der Waals surface area contributed by atoms with Gasteiger partial charge in [0.15, 0.2) is 25.0 Å². The Bertz CT molecular complexity index is 903. The van der Waals surface area contributed by atoms with Crippen LogP contribution in [-0.4, -0.2) is 74.0 Å². The average Bonchev–Trinajstić information content (AvgIpc) is 2.78. The van der Waals surface area contributed by atoms with Crippen molar-refractivity contribution in [3.63, 3.8) is 0 Å². The second kappa shape index (κ2) is 13.5. The molecule has 2 heterocycles. The molecule has 41 heavy (non-hydrogen) atoms. The molecule has 2 rings (SSSR count). The van der Waals surface area contributed by atoms with E-state index in [9.17, 15) is 4.79 Å². The van der Waals surface area contributed by atoms with E-state index in [0.29, 0.717) is 6.42 Å². The minimum Gasteiger partial charge on any atom is -0.408 e. The molecule has 0 radical (unpaired) electrons. The van der Waals surface area contributed by atoms with Gasteiger partial charge in [0, 0.05) is 6.42 Å². The van der Waals surface area contributed by atoms with Gasteiger partial charge in [-0.25, -0.2) is 0 Å². The van der Waals surface area contributed by atoms with Gasteiger partial charge in [-0.15, -0.1) is 0 Å². The monoisotopic (exact) mass is 740 g/mol. The van der Waals surface area contributed by atoms with Crippen LogP contribution in [0.3, 0.4) is 0 Å². The van der Waals surface area contributed by atoms with Gasteiger partial charge in [-0.2, -0.15) is 0 Å². The summed E-state index contributed by atoms with van der Waals surface area (Å²) in [5, 5.41) is 0.0521. The van der Waals surface area contributed by atoms with E-state index in [1.54, 1.807) is 0 Å². The van der Waals surface area contributed by atoms with Crippen LogP contribution in [0.5, 0.6) is 0 Å². The molecule has 6 nitrogen and oxygen atoms in total. The topological polar surface area (TPSA) is 63.2 Å². The quantitative estimate of drug-likeness (QED) is 0.127. The summed E-state index contributed by atoms with van der Waals surface area (Å²) in [5.41, 5.74) is 0. The molecule has 0 N–H and O–H groups in total. The number of carbonyl (C=O) groups excluding carboxylic acids is 1. The van der Waals surface area contributed by atoms with Crippen molar-refractivity contribution in [1.29, 1.82) is 0 Å². The van der Waals surface area contributed by atoms with Crippen LogP contribution in [0.1, 0.15) is 81.6 Å². The maximum absolute atomic E-state index is 11.5. The van der Waals surface area contributed by atoms with E-state index in [0.717, 1.165) is 19.1 Å². The van der Waals surface area contributed by atoms with Crippen molar-refractivity contribution in [2.45, 2.75) is 179 Å². The number of fused-ring (bicyclic) bond motifs is 1. The van der Waals surface area contributed by atoms with Gasteiger partial charge < -0.3 is 27.5 Å². The Morgan fingerprint density at radius 2 is 1.27 bits per heavy atom. The van der Waals surface area contributed by atoms with Crippen LogP contribution in [0.2, 0.25) is 54.4 Å². The Kier molecular flexibility index (Phi) is 12.5. The molecule has 2 fully saturated rings. The largest absolute Gasteiger partial charge is 0.408 e. The van der Waals surface area contributed by atoms with Crippen LogP contribution in [0.25, 0.3) is 0 Å². The molecule has 0 aliphatic carbocycles. The predicted octanol–water partition coefficient (Wildman–Crippen LogP) is 9.01. The summed E-state index contributed by atoms with van der Waals surface area (Å²) < 4.78 is 37.6. The Balaban J connectivity index is 2.73. The lowest BCUT2D eigenvalue weighted by molar-refractivity contribution is -0.266. The highest BCUT2D eigenvalue weighted by Crippen LogP contribution is 2.47. The smallest absolute Gasteiger partial charge is 0.193 e. The van der Waals surface area contributed by atoms with E-state index in [4.69, 9.17) is 22.8 Å². The maximum Gasteiger partial charge on any atom is 0.193 e. The lowest BCUT2D eigenvalue weighted by Crippen LogP contribution is -2.69. The number of ether oxygens (including phenoxy) is 2. The van der Waals surface area contributed by atoms with E-state index < -0.39 is 25.0 Å². The highest BCUT2D eigenvalue weighted by atomic mass is 127. The second-order valence-corrected chi connectivity index (χ2v) is 31.7. The van der Waals surface area contributed by atoms with Gasteiger partial charge in [0.1, 0.15) is 30.7 Å². The Morgan fingerprint density at radius 3 is 1.71 bits per heavy atom. The number of hydrogen-bond acceptors (Lipinski definition) is 6. The first kappa shape index (κ1) is 37.8. The molecule has 0 amide bonds. The van der Waals surface area contributed by atoms with Crippen molar-refractivity contribution < 1.29 is 27.5 Å². The normalized spacial score (nSPS) is 29.9. The zero-order valence-electron chi connectivity index (χ0n) is 28.7. The minimum absolute atomic E-state index is 0.00170. The van der Waals surface area contributed by atoms with Crippen molar-refractivity contribution in [3.8, 4) is 0 Å². The van der Waals surface area contributed by atoms with Crippen LogP contribution in [0, 0.1) is 0 Å². The number of rotatable bonds is 10. The summed E-state index contributed by atoms with van der Waals surface area (Å²) in [5.74, 6) is 0. The van der Waals surface area contributed by atoms with Crippen molar-refractivity contribution in [3.05, 3.63) is 10.2 Å². The summed E-state index contributed by atoms with van der Waals surface area (Å²) in [7, 11) is -6.69. The minimum atomic E-state index is -2.28. The number of aldehydes is 1. The highest BCUT2D eigenvalue weighted by molar-refractivity contribution is 14.1. The molecule has 0 aromatic heterocycles. The zero-order chi connectivity index (χ0) is 31.8. The predicted molar refractivity (Wildman–Crippen MR) is 187 cm³/mol. The Labute approximate surface area is 268 Å². The van der Waals surface area contributed by atoms with E-state index in [-0.39, 0.29) is 57.8 Å². The fourth-order valence-electron chi connectivity index (χ4n) is 4.63. The first-order valence-electron chi connectivity index (χ1n) is 15.4. The summed E-state index contributed by atoms with van der Waals surface area (Å²) in [6.45, 7) is 34.3. The van der Waals surface area contributed by atoms with Gasteiger partial charge in [-0.1, -0.05) is 84.9 Å². The van der Waals surface area contributed by atoms with Gasteiger partial charge in [-0.3, -0.25) is 0 Å². The lowest BCUT2D eigenvalue weighted by atomic mass is 9.87. The maximum atomic E-state index is 11.5. The van der Waals surface area contributed by atoms with Crippen LogP contribution in [0.4, 0.5) is 0 Å². The number of hydrogen-bond donors (Lipinski definition) is 0. The molecule has 0 aromatic carbocycles. The number of carbonyl (C=O) groups is 1. The van der Waals surface area contributed by atoms with Crippen molar-refractivity contribution in [1.82, 2.24) is 0 Å². The molecule has 2 saturated heterocycles. The molecule has 10 heteroatoms. The van der Waals surface area contributed by atoms with Gasteiger partial charge in [0.05, 0.1) is 18.3 Å². The molecule has 7 atom stereocenters. The third-order valence-electron chi connectivity index (χ3n) is 10.4. The van der Waals surface area contributed by atoms with Crippen molar-refractivity contribution >= 4 is 53.8 Å². The van der Waals surface area contributed by atoms with Crippen molar-refractivity contribution in [2.24, 2.45) is 0 Å². The third-order valence-corrected chi connectivity index (χ3v) is 24.3. The summed E-state index contributed by atoms with van der Waals surface area (Å²) in [6, 6.07) is 0. The third kappa shape index (κ3) is 9.08. The standard InChI is InChI=1S/C31H61IO6Si3/c1-29(2,3)39(10,11)36-24(18-20-32)26-28(38-41(14,15)31(7,8)9)27(37-40(12,13)30(4,5)6)25-23(35-26)17-16-22(34-25)19-21-33/h18,20-28H,16-17,19H2,1-15H3/t22?,23-,24-,25-,26?,27-,28+/m0/s1. The molecular weight excluding hydrogens is 679 g/mol. The van der Waals surface area contributed by atoms with Crippen LogP contribution in [0.15, 0.2) is 10.2 Å². The van der Waals surface area contributed by atoms with Crippen LogP contribution >= 0.6 is 22.6 Å². The van der Waals surface area contributed by atoms with Gasteiger partial charge in [-0.05, 0) is 77.4 Å².